The lowest BCUT2D eigenvalue weighted by atomic mass is 10.1. The summed E-state index contributed by atoms with van der Waals surface area (Å²) in [5, 5.41) is 11.0. The summed E-state index contributed by atoms with van der Waals surface area (Å²) >= 11 is 0. The second-order valence-corrected chi connectivity index (χ2v) is 5.64. The molecule has 0 aromatic heterocycles. The lowest BCUT2D eigenvalue weighted by Gasteiger charge is -2.15. The first-order valence-electron chi connectivity index (χ1n) is 8.08. The van der Waals surface area contributed by atoms with E-state index in [1.54, 1.807) is 6.92 Å². The predicted molar refractivity (Wildman–Crippen MR) is 98.5 cm³/mol. The van der Waals surface area contributed by atoms with Crippen molar-refractivity contribution >= 4 is 17.4 Å². The third-order valence-electron chi connectivity index (χ3n) is 3.99. The predicted octanol–water partition coefficient (Wildman–Crippen LogP) is 2.97. The van der Waals surface area contributed by atoms with Crippen LogP contribution in [0.25, 0.3) is 0 Å². The van der Waals surface area contributed by atoms with Gasteiger partial charge in [-0.25, -0.2) is 4.79 Å². The van der Waals surface area contributed by atoms with Crippen molar-refractivity contribution in [3.63, 3.8) is 0 Å². The maximum Gasteiger partial charge on any atom is 0.342 e. The van der Waals surface area contributed by atoms with Crippen LogP contribution in [0.4, 0.5) is 5.69 Å². The summed E-state index contributed by atoms with van der Waals surface area (Å²) < 4.78 is 20.6. The lowest BCUT2D eigenvalue weighted by Crippen LogP contribution is -2.15. The van der Waals surface area contributed by atoms with Crippen molar-refractivity contribution in [2.45, 2.75) is 6.92 Å². The first-order chi connectivity index (χ1) is 13.3. The van der Waals surface area contributed by atoms with E-state index >= 15 is 0 Å². The molecule has 9 nitrogen and oxygen atoms in total. The molecule has 0 aliphatic rings. The molecule has 2 aromatic rings. The molecule has 0 heterocycles. The van der Waals surface area contributed by atoms with Crippen LogP contribution in [0.5, 0.6) is 17.2 Å². The molecule has 2 aromatic carbocycles. The van der Waals surface area contributed by atoms with Crippen molar-refractivity contribution in [3.8, 4) is 17.2 Å². The van der Waals surface area contributed by atoms with Gasteiger partial charge in [0.1, 0.15) is 5.56 Å². The second-order valence-electron chi connectivity index (χ2n) is 5.64. The summed E-state index contributed by atoms with van der Waals surface area (Å²) in [6.07, 6.45) is 0. The first kappa shape index (κ1) is 20.7. The molecule has 148 valence electrons. The number of ketones is 1. The molecule has 0 bridgehead atoms. The second kappa shape index (κ2) is 8.85. The van der Waals surface area contributed by atoms with E-state index in [2.05, 4.69) is 0 Å². The highest BCUT2D eigenvalue weighted by molar-refractivity contribution is 6.00. The Bertz CT molecular complexity index is 922. The van der Waals surface area contributed by atoms with E-state index in [0.29, 0.717) is 11.3 Å². The molecule has 2 rings (SSSR count). The van der Waals surface area contributed by atoms with Gasteiger partial charge in [0.15, 0.2) is 18.1 Å². The van der Waals surface area contributed by atoms with Gasteiger partial charge in [-0.1, -0.05) is 12.1 Å². The Balaban J connectivity index is 2.19. The Morgan fingerprint density at radius 2 is 1.68 bits per heavy atom. The number of Topliss-reactive ketones (excluding diaryl/α,β-unsaturated/α-hetero) is 1. The molecule has 0 aliphatic carbocycles. The van der Waals surface area contributed by atoms with Gasteiger partial charge in [-0.3, -0.25) is 14.9 Å². The van der Waals surface area contributed by atoms with Crippen LogP contribution in [0, 0.1) is 17.0 Å². The van der Waals surface area contributed by atoms with Crippen molar-refractivity contribution in [2.75, 3.05) is 27.9 Å². The molecular weight excluding hydrogens is 370 g/mol. The average Bonchev–Trinajstić information content (AvgIpc) is 2.70. The number of benzene rings is 2. The Morgan fingerprint density at radius 1 is 1.00 bits per heavy atom. The van der Waals surface area contributed by atoms with Gasteiger partial charge in [0.2, 0.25) is 11.5 Å². The van der Waals surface area contributed by atoms with Crippen LogP contribution in [-0.4, -0.2) is 44.6 Å². The van der Waals surface area contributed by atoms with Crippen LogP contribution in [0.15, 0.2) is 30.3 Å². The monoisotopic (exact) mass is 389 g/mol. The van der Waals surface area contributed by atoms with Crippen LogP contribution >= 0.6 is 0 Å². The smallest absolute Gasteiger partial charge is 0.342 e. The van der Waals surface area contributed by atoms with Gasteiger partial charge < -0.3 is 18.9 Å². The van der Waals surface area contributed by atoms with Gasteiger partial charge in [0, 0.05) is 17.2 Å². The molecule has 0 fully saturated rings. The van der Waals surface area contributed by atoms with E-state index in [1.807, 2.05) is 0 Å². The summed E-state index contributed by atoms with van der Waals surface area (Å²) in [6.45, 7) is 0.978. The fraction of sp³-hybridized carbons (Fsp3) is 0.263. The van der Waals surface area contributed by atoms with E-state index in [4.69, 9.17) is 18.9 Å². The average molecular weight is 389 g/mol. The number of nitro groups is 1. The Morgan fingerprint density at radius 3 is 2.25 bits per heavy atom. The molecule has 0 saturated carbocycles. The largest absolute Gasteiger partial charge is 0.493 e. The van der Waals surface area contributed by atoms with Crippen LogP contribution in [0.3, 0.4) is 0 Å². The van der Waals surface area contributed by atoms with E-state index < -0.39 is 23.3 Å². The zero-order valence-electron chi connectivity index (χ0n) is 15.8. The summed E-state index contributed by atoms with van der Waals surface area (Å²) in [5.41, 5.74) is 0.361. The van der Waals surface area contributed by atoms with Crippen molar-refractivity contribution in [3.05, 3.63) is 57.1 Å². The van der Waals surface area contributed by atoms with Crippen molar-refractivity contribution in [1.82, 2.24) is 0 Å². The number of rotatable bonds is 8. The van der Waals surface area contributed by atoms with E-state index in [1.165, 1.54) is 45.6 Å². The van der Waals surface area contributed by atoms with E-state index in [0.717, 1.165) is 6.07 Å². The minimum absolute atomic E-state index is 0.0443. The maximum absolute atomic E-state index is 12.4. The molecule has 9 heteroatoms. The molecular formula is C19H19NO8. The van der Waals surface area contributed by atoms with Gasteiger partial charge in [-0.05, 0) is 19.1 Å². The number of aryl methyl sites for hydroxylation is 1. The fourth-order valence-electron chi connectivity index (χ4n) is 2.53. The summed E-state index contributed by atoms with van der Waals surface area (Å²) in [7, 11) is 4.18. The standard InChI is InChI=1S/C19H19NO8/c1-11-5-6-12(9-14(11)20(23)24)15(21)10-28-19(22)13-7-8-16(25-2)18(27-4)17(13)26-3/h5-9H,10H2,1-4H3. The molecule has 0 amide bonds. The van der Waals surface area contributed by atoms with Crippen LogP contribution in [0.1, 0.15) is 26.3 Å². The van der Waals surface area contributed by atoms with E-state index in [9.17, 15) is 19.7 Å². The summed E-state index contributed by atoms with van der Waals surface area (Å²) in [6, 6.07) is 6.98. The quantitative estimate of drug-likeness (QED) is 0.293. The number of ether oxygens (including phenoxy) is 4. The first-order valence-corrected chi connectivity index (χ1v) is 8.08. The highest BCUT2D eigenvalue weighted by atomic mass is 16.6. The lowest BCUT2D eigenvalue weighted by molar-refractivity contribution is -0.385. The number of hydrogen-bond donors (Lipinski definition) is 0. The molecule has 0 saturated heterocycles. The molecule has 28 heavy (non-hydrogen) atoms. The number of hydrogen-bond acceptors (Lipinski definition) is 8. The molecule has 0 atom stereocenters. The third-order valence-corrected chi connectivity index (χ3v) is 3.99. The van der Waals surface area contributed by atoms with Crippen LogP contribution < -0.4 is 14.2 Å². The Hall–Kier alpha value is -3.62. The van der Waals surface area contributed by atoms with Crippen LogP contribution in [-0.2, 0) is 4.74 Å². The number of carbonyl (C=O) groups excluding carboxylic acids is 2. The number of nitro benzene ring substituents is 1. The molecule has 0 N–H and O–H groups in total. The van der Waals surface area contributed by atoms with Gasteiger partial charge in [-0.2, -0.15) is 0 Å². The van der Waals surface area contributed by atoms with Gasteiger partial charge in [0.25, 0.3) is 5.69 Å². The molecule has 0 unspecified atom stereocenters. The van der Waals surface area contributed by atoms with Gasteiger partial charge in [-0.15, -0.1) is 0 Å². The van der Waals surface area contributed by atoms with E-state index in [-0.39, 0.29) is 28.3 Å². The summed E-state index contributed by atoms with van der Waals surface area (Å²) in [4.78, 5) is 35.1. The zero-order chi connectivity index (χ0) is 20.8. The number of nitrogens with zero attached hydrogens (tertiary/aromatic N) is 1. The normalized spacial score (nSPS) is 10.1. The highest BCUT2D eigenvalue weighted by Gasteiger charge is 2.23. The number of carbonyl (C=O) groups is 2. The zero-order valence-corrected chi connectivity index (χ0v) is 15.8. The van der Waals surface area contributed by atoms with Crippen molar-refractivity contribution in [1.29, 1.82) is 0 Å². The highest BCUT2D eigenvalue weighted by Crippen LogP contribution is 2.39. The maximum atomic E-state index is 12.4. The number of methoxy groups -OCH3 is 3. The molecule has 0 radical (unpaired) electrons. The Labute approximate surface area is 160 Å². The topological polar surface area (TPSA) is 114 Å². The molecule has 0 spiro atoms. The van der Waals surface area contributed by atoms with Gasteiger partial charge >= 0.3 is 5.97 Å². The number of esters is 1. The van der Waals surface area contributed by atoms with Crippen LogP contribution in [0.2, 0.25) is 0 Å². The third kappa shape index (κ3) is 4.20. The SMILES string of the molecule is COc1ccc(C(=O)OCC(=O)c2ccc(C)c([N+](=O)[O-])c2)c(OC)c1OC. The summed E-state index contributed by atoms with van der Waals surface area (Å²) in [5.74, 6) is -0.715. The van der Waals surface area contributed by atoms with Crippen molar-refractivity contribution < 1.29 is 33.5 Å². The van der Waals surface area contributed by atoms with Gasteiger partial charge in [0.05, 0.1) is 26.3 Å². The molecule has 0 aliphatic heterocycles. The van der Waals surface area contributed by atoms with Crippen molar-refractivity contribution in [2.24, 2.45) is 0 Å². The minimum Gasteiger partial charge on any atom is -0.493 e. The fourth-order valence-corrected chi connectivity index (χ4v) is 2.53. The Kier molecular flexibility index (Phi) is 6.54. The minimum atomic E-state index is -0.812.